The molecule has 1 unspecified atom stereocenters. The summed E-state index contributed by atoms with van der Waals surface area (Å²) in [4.78, 5) is 1.41. The fourth-order valence-corrected chi connectivity index (χ4v) is 3.29. The van der Waals surface area contributed by atoms with Crippen molar-refractivity contribution in [3.8, 4) is 0 Å². The smallest absolute Gasteiger partial charge is 0.0591 e. The van der Waals surface area contributed by atoms with Crippen LogP contribution >= 0.6 is 11.3 Å². The minimum atomic E-state index is 0.405. The molecule has 1 aliphatic carbocycles. The number of rotatable bonds is 7. The summed E-state index contributed by atoms with van der Waals surface area (Å²) in [5.41, 5.74) is 0. The second kappa shape index (κ2) is 6.04. The van der Waals surface area contributed by atoms with Gasteiger partial charge >= 0.3 is 0 Å². The van der Waals surface area contributed by atoms with Gasteiger partial charge in [-0.2, -0.15) is 0 Å². The Kier molecular flexibility index (Phi) is 4.16. The maximum absolute atomic E-state index is 5.64. The SMILES string of the molecule is CC(NCCOCC1CC1)c1cc2ccccc2s1. The van der Waals surface area contributed by atoms with Gasteiger partial charge in [0, 0.05) is 28.8 Å². The summed E-state index contributed by atoms with van der Waals surface area (Å²) in [5, 5.41) is 4.89. The van der Waals surface area contributed by atoms with E-state index in [0.29, 0.717) is 6.04 Å². The number of fused-ring (bicyclic) bond motifs is 1. The highest BCUT2D eigenvalue weighted by atomic mass is 32.1. The molecule has 1 saturated carbocycles. The highest BCUT2D eigenvalue weighted by Crippen LogP contribution is 2.30. The van der Waals surface area contributed by atoms with Crippen LogP contribution in [0.15, 0.2) is 30.3 Å². The third kappa shape index (κ3) is 3.56. The van der Waals surface area contributed by atoms with E-state index < -0.39 is 0 Å². The molecule has 1 aliphatic rings. The highest BCUT2D eigenvalue weighted by molar-refractivity contribution is 7.19. The number of ether oxygens (including phenoxy) is 1. The Labute approximate surface area is 118 Å². The van der Waals surface area contributed by atoms with Crippen molar-refractivity contribution in [1.29, 1.82) is 0 Å². The van der Waals surface area contributed by atoms with Crippen molar-refractivity contribution in [2.75, 3.05) is 19.8 Å². The first kappa shape index (κ1) is 13.1. The van der Waals surface area contributed by atoms with Crippen LogP contribution in [0.2, 0.25) is 0 Å². The topological polar surface area (TPSA) is 21.3 Å². The van der Waals surface area contributed by atoms with Gasteiger partial charge in [0.15, 0.2) is 0 Å². The van der Waals surface area contributed by atoms with Crippen molar-refractivity contribution in [3.05, 3.63) is 35.2 Å². The first-order chi connectivity index (χ1) is 9.33. The molecule has 3 rings (SSSR count). The molecule has 102 valence electrons. The largest absolute Gasteiger partial charge is 0.380 e. The van der Waals surface area contributed by atoms with Gasteiger partial charge in [0.05, 0.1) is 6.61 Å². The highest BCUT2D eigenvalue weighted by Gasteiger charge is 2.20. The zero-order chi connectivity index (χ0) is 13.1. The molecule has 0 spiro atoms. The lowest BCUT2D eigenvalue weighted by Crippen LogP contribution is -2.23. The third-order valence-corrected chi connectivity index (χ3v) is 4.92. The van der Waals surface area contributed by atoms with Gasteiger partial charge in [0.2, 0.25) is 0 Å². The molecule has 19 heavy (non-hydrogen) atoms. The number of benzene rings is 1. The molecule has 2 nitrogen and oxygen atoms in total. The fraction of sp³-hybridized carbons (Fsp3) is 0.500. The van der Waals surface area contributed by atoms with Crippen molar-refractivity contribution in [2.24, 2.45) is 5.92 Å². The molecular formula is C16H21NOS. The van der Waals surface area contributed by atoms with Crippen LogP contribution in [0.4, 0.5) is 0 Å². The Morgan fingerprint density at radius 1 is 1.37 bits per heavy atom. The number of thiophene rings is 1. The Balaban J connectivity index is 1.47. The minimum Gasteiger partial charge on any atom is -0.380 e. The molecule has 1 atom stereocenters. The molecule has 1 aromatic carbocycles. The van der Waals surface area contributed by atoms with Gasteiger partial charge in [-0.05, 0) is 43.2 Å². The van der Waals surface area contributed by atoms with E-state index in [-0.39, 0.29) is 0 Å². The van der Waals surface area contributed by atoms with Crippen LogP contribution in [0.3, 0.4) is 0 Å². The lowest BCUT2D eigenvalue weighted by molar-refractivity contribution is 0.124. The van der Waals surface area contributed by atoms with E-state index in [0.717, 1.165) is 25.7 Å². The van der Waals surface area contributed by atoms with Crippen LogP contribution in [0.25, 0.3) is 10.1 Å². The molecular weight excluding hydrogens is 254 g/mol. The monoisotopic (exact) mass is 275 g/mol. The molecule has 0 bridgehead atoms. The minimum absolute atomic E-state index is 0.405. The maximum atomic E-state index is 5.64. The molecule has 0 amide bonds. The quantitative estimate of drug-likeness (QED) is 0.772. The van der Waals surface area contributed by atoms with E-state index in [4.69, 9.17) is 4.74 Å². The molecule has 2 aromatic rings. The van der Waals surface area contributed by atoms with Gasteiger partial charge in [-0.15, -0.1) is 11.3 Å². The summed E-state index contributed by atoms with van der Waals surface area (Å²) < 4.78 is 7.02. The summed E-state index contributed by atoms with van der Waals surface area (Å²) in [6.07, 6.45) is 2.73. The van der Waals surface area contributed by atoms with Crippen LogP contribution in [0.1, 0.15) is 30.7 Å². The third-order valence-electron chi connectivity index (χ3n) is 3.62. The van der Waals surface area contributed by atoms with Gasteiger partial charge in [0.25, 0.3) is 0 Å². The average Bonchev–Trinajstić information content (AvgIpc) is 3.14. The predicted octanol–water partition coefficient (Wildman–Crippen LogP) is 3.98. The molecule has 0 aliphatic heterocycles. The Bertz CT molecular complexity index is 499. The first-order valence-electron chi connectivity index (χ1n) is 7.12. The van der Waals surface area contributed by atoms with Gasteiger partial charge < -0.3 is 10.1 Å². The normalized spacial score (nSPS) is 16.9. The van der Waals surface area contributed by atoms with Gasteiger partial charge in [-0.25, -0.2) is 0 Å². The van der Waals surface area contributed by atoms with E-state index in [1.807, 2.05) is 11.3 Å². The standard InChI is InChI=1S/C16H21NOS/c1-12(17-8-9-18-11-13-6-7-13)16-10-14-4-2-3-5-15(14)19-16/h2-5,10,12-13,17H,6-9,11H2,1H3. The van der Waals surface area contributed by atoms with Crippen molar-refractivity contribution in [2.45, 2.75) is 25.8 Å². The number of hydrogen-bond donors (Lipinski definition) is 1. The fourth-order valence-electron chi connectivity index (χ4n) is 2.20. The Morgan fingerprint density at radius 3 is 3.00 bits per heavy atom. The van der Waals surface area contributed by atoms with E-state index >= 15 is 0 Å². The van der Waals surface area contributed by atoms with Crippen LogP contribution in [0, 0.1) is 5.92 Å². The van der Waals surface area contributed by atoms with Crippen LogP contribution < -0.4 is 5.32 Å². The van der Waals surface area contributed by atoms with E-state index in [1.165, 1.54) is 27.8 Å². The van der Waals surface area contributed by atoms with E-state index in [2.05, 4.69) is 42.6 Å². The van der Waals surface area contributed by atoms with Crippen molar-refractivity contribution in [1.82, 2.24) is 5.32 Å². The van der Waals surface area contributed by atoms with Gasteiger partial charge in [-0.1, -0.05) is 18.2 Å². The first-order valence-corrected chi connectivity index (χ1v) is 7.94. The van der Waals surface area contributed by atoms with Gasteiger partial charge in [0.1, 0.15) is 0 Å². The Morgan fingerprint density at radius 2 is 2.21 bits per heavy atom. The summed E-state index contributed by atoms with van der Waals surface area (Å²) >= 11 is 1.88. The van der Waals surface area contributed by atoms with Crippen molar-refractivity contribution >= 4 is 21.4 Å². The van der Waals surface area contributed by atoms with Crippen LogP contribution in [-0.2, 0) is 4.74 Å². The van der Waals surface area contributed by atoms with Crippen LogP contribution in [0.5, 0.6) is 0 Å². The zero-order valence-corrected chi connectivity index (χ0v) is 12.2. The van der Waals surface area contributed by atoms with E-state index in [9.17, 15) is 0 Å². The summed E-state index contributed by atoms with van der Waals surface area (Å²) in [6.45, 7) is 4.94. The number of nitrogens with one attached hydrogen (secondary N) is 1. The van der Waals surface area contributed by atoms with Crippen LogP contribution in [-0.4, -0.2) is 19.8 Å². The van der Waals surface area contributed by atoms with Crippen molar-refractivity contribution in [3.63, 3.8) is 0 Å². The summed E-state index contributed by atoms with van der Waals surface area (Å²) in [5.74, 6) is 0.861. The zero-order valence-electron chi connectivity index (χ0n) is 11.4. The lowest BCUT2D eigenvalue weighted by atomic mass is 10.2. The second-order valence-electron chi connectivity index (χ2n) is 5.38. The molecule has 1 fully saturated rings. The lowest BCUT2D eigenvalue weighted by Gasteiger charge is -2.12. The molecule has 3 heteroatoms. The summed E-state index contributed by atoms with van der Waals surface area (Å²) in [7, 11) is 0. The van der Waals surface area contributed by atoms with Gasteiger partial charge in [-0.3, -0.25) is 0 Å². The molecule has 0 saturated heterocycles. The maximum Gasteiger partial charge on any atom is 0.0591 e. The average molecular weight is 275 g/mol. The predicted molar refractivity (Wildman–Crippen MR) is 81.8 cm³/mol. The van der Waals surface area contributed by atoms with Crippen molar-refractivity contribution < 1.29 is 4.74 Å². The number of hydrogen-bond acceptors (Lipinski definition) is 3. The van der Waals surface area contributed by atoms with E-state index in [1.54, 1.807) is 0 Å². The second-order valence-corrected chi connectivity index (χ2v) is 6.50. The molecule has 1 N–H and O–H groups in total. The molecule has 1 heterocycles. The molecule has 1 aromatic heterocycles. The molecule has 0 radical (unpaired) electrons. The Hall–Kier alpha value is -0.900. The summed E-state index contributed by atoms with van der Waals surface area (Å²) in [6, 6.07) is 11.3.